The van der Waals surface area contributed by atoms with E-state index in [1.165, 1.54) is 0 Å². The number of aromatic nitrogens is 2. The molecular formula is C45H25N5. The van der Waals surface area contributed by atoms with E-state index in [1.54, 1.807) is 0 Å². The highest BCUT2D eigenvalue weighted by Gasteiger charge is 2.20. The van der Waals surface area contributed by atoms with Gasteiger partial charge in [-0.2, -0.15) is 15.8 Å². The van der Waals surface area contributed by atoms with Crippen molar-refractivity contribution in [3.63, 3.8) is 0 Å². The van der Waals surface area contributed by atoms with E-state index in [4.69, 9.17) is 0 Å². The Morgan fingerprint density at radius 2 is 0.880 bits per heavy atom. The van der Waals surface area contributed by atoms with Gasteiger partial charge in [0.15, 0.2) is 0 Å². The molecule has 0 fully saturated rings. The Kier molecular flexibility index (Phi) is 6.56. The quantitative estimate of drug-likeness (QED) is 0.193. The Morgan fingerprint density at radius 1 is 0.360 bits per heavy atom. The molecule has 0 aliphatic rings. The Balaban J connectivity index is 1.31. The van der Waals surface area contributed by atoms with Crippen LogP contribution in [0.1, 0.15) is 16.7 Å². The van der Waals surface area contributed by atoms with Crippen molar-refractivity contribution in [1.29, 1.82) is 15.8 Å². The smallest absolute Gasteiger partial charge is 0.0998 e. The normalized spacial score (nSPS) is 11.1. The van der Waals surface area contributed by atoms with Crippen LogP contribution in [0.2, 0.25) is 0 Å². The Bertz CT molecular complexity index is 2920. The summed E-state index contributed by atoms with van der Waals surface area (Å²) in [5.74, 6) is 0. The number of nitriles is 3. The summed E-state index contributed by atoms with van der Waals surface area (Å²) in [6.07, 6.45) is 0. The topological polar surface area (TPSA) is 81.2 Å². The van der Waals surface area contributed by atoms with E-state index in [0.29, 0.717) is 16.7 Å². The molecule has 0 amide bonds. The first-order chi connectivity index (χ1) is 24.7. The van der Waals surface area contributed by atoms with Crippen LogP contribution in [0.4, 0.5) is 0 Å². The first-order valence-corrected chi connectivity index (χ1v) is 16.3. The number of benzene rings is 7. The highest BCUT2D eigenvalue weighted by atomic mass is 15.0. The van der Waals surface area contributed by atoms with Gasteiger partial charge in [0.1, 0.15) is 0 Å². The maximum atomic E-state index is 10.4. The molecule has 0 saturated carbocycles. The standard InChI is InChI=1S/C45H25N5/c46-26-29-18-22-44-40(23-29)37-13-5-6-14-41(37)49(44)32-20-19-31(28-48)39(25-32)34-10-2-1-9-33(34)38-21-17-30(27-47)24-45(38)50-42-15-7-3-11-35(42)36-12-4-8-16-43(36)50/h1-25H. The fourth-order valence-corrected chi connectivity index (χ4v) is 7.46. The molecule has 0 radical (unpaired) electrons. The maximum absolute atomic E-state index is 10.4. The van der Waals surface area contributed by atoms with Gasteiger partial charge in [0.25, 0.3) is 0 Å². The molecule has 0 saturated heterocycles. The van der Waals surface area contributed by atoms with Crippen LogP contribution in [0, 0.1) is 34.0 Å². The molecule has 0 unspecified atom stereocenters. The fraction of sp³-hybridized carbons (Fsp3) is 0. The second kappa shape index (κ2) is 11.4. The molecule has 230 valence electrons. The summed E-state index contributed by atoms with van der Waals surface area (Å²) in [6.45, 7) is 0. The van der Waals surface area contributed by atoms with Crippen LogP contribution in [-0.2, 0) is 0 Å². The van der Waals surface area contributed by atoms with Crippen molar-refractivity contribution in [2.75, 3.05) is 0 Å². The molecule has 0 atom stereocenters. The van der Waals surface area contributed by atoms with Crippen LogP contribution < -0.4 is 0 Å². The lowest BCUT2D eigenvalue weighted by Crippen LogP contribution is -2.00. The van der Waals surface area contributed by atoms with Crippen molar-refractivity contribution in [3.05, 3.63) is 168 Å². The summed E-state index contributed by atoms with van der Waals surface area (Å²) >= 11 is 0. The van der Waals surface area contributed by atoms with Crippen molar-refractivity contribution in [2.45, 2.75) is 0 Å². The zero-order valence-corrected chi connectivity index (χ0v) is 26.7. The van der Waals surface area contributed by atoms with Gasteiger partial charge in [-0.1, -0.05) is 84.9 Å². The van der Waals surface area contributed by atoms with Gasteiger partial charge in [0.2, 0.25) is 0 Å². The molecule has 0 N–H and O–H groups in total. The number of nitrogens with zero attached hydrogens (tertiary/aromatic N) is 5. The average molecular weight is 636 g/mol. The molecule has 7 aromatic carbocycles. The van der Waals surface area contributed by atoms with Gasteiger partial charge in [-0.05, 0) is 77.9 Å². The van der Waals surface area contributed by atoms with E-state index >= 15 is 0 Å². The van der Waals surface area contributed by atoms with Gasteiger partial charge in [0.05, 0.1) is 62.7 Å². The van der Waals surface area contributed by atoms with Gasteiger partial charge in [-0.15, -0.1) is 0 Å². The van der Waals surface area contributed by atoms with E-state index in [0.717, 1.165) is 77.2 Å². The zero-order valence-electron chi connectivity index (χ0n) is 26.7. The average Bonchev–Trinajstić information content (AvgIpc) is 3.70. The zero-order chi connectivity index (χ0) is 33.8. The third-order valence-corrected chi connectivity index (χ3v) is 9.64. The SMILES string of the molecule is N#Cc1ccc(-c2ccccc2-c2cc(-n3c4ccccc4c4cc(C#N)ccc43)ccc2C#N)c(-n2c3ccccc3c3ccccc32)c1. The molecule has 50 heavy (non-hydrogen) atoms. The molecule has 0 bridgehead atoms. The Labute approximate surface area is 287 Å². The van der Waals surface area contributed by atoms with Gasteiger partial charge >= 0.3 is 0 Å². The number of hydrogen-bond acceptors (Lipinski definition) is 3. The molecule has 2 heterocycles. The molecular weight excluding hydrogens is 611 g/mol. The largest absolute Gasteiger partial charge is 0.309 e. The molecule has 0 aliphatic carbocycles. The molecule has 5 heteroatoms. The van der Waals surface area contributed by atoms with Crippen LogP contribution in [0.3, 0.4) is 0 Å². The third kappa shape index (κ3) is 4.31. The van der Waals surface area contributed by atoms with Crippen LogP contribution in [-0.4, -0.2) is 9.13 Å². The molecule has 9 rings (SSSR count). The predicted octanol–water partition coefficient (Wildman–Crippen LogP) is 10.8. The van der Waals surface area contributed by atoms with E-state index < -0.39 is 0 Å². The second-order valence-electron chi connectivity index (χ2n) is 12.3. The third-order valence-electron chi connectivity index (χ3n) is 9.64. The minimum atomic E-state index is 0.556. The number of rotatable bonds is 4. The summed E-state index contributed by atoms with van der Waals surface area (Å²) in [7, 11) is 0. The lowest BCUT2D eigenvalue weighted by Gasteiger charge is -2.18. The van der Waals surface area contributed by atoms with E-state index in [9.17, 15) is 15.8 Å². The summed E-state index contributed by atoms with van der Waals surface area (Å²) in [5.41, 5.74) is 11.2. The summed E-state index contributed by atoms with van der Waals surface area (Å²) in [4.78, 5) is 0. The van der Waals surface area contributed by atoms with Crippen molar-refractivity contribution in [2.24, 2.45) is 0 Å². The van der Waals surface area contributed by atoms with Crippen molar-refractivity contribution >= 4 is 43.6 Å². The summed E-state index contributed by atoms with van der Waals surface area (Å²) in [5, 5.41) is 34.5. The molecule has 0 spiro atoms. The van der Waals surface area contributed by atoms with E-state index in [2.05, 4.69) is 94.1 Å². The van der Waals surface area contributed by atoms with Crippen LogP contribution in [0.5, 0.6) is 0 Å². The minimum absolute atomic E-state index is 0.556. The number of hydrogen-bond donors (Lipinski definition) is 0. The fourth-order valence-electron chi connectivity index (χ4n) is 7.46. The Morgan fingerprint density at radius 3 is 1.52 bits per heavy atom. The number of fused-ring (bicyclic) bond motifs is 6. The van der Waals surface area contributed by atoms with Crippen molar-refractivity contribution < 1.29 is 0 Å². The van der Waals surface area contributed by atoms with Gasteiger partial charge in [-0.3, -0.25) is 0 Å². The number of para-hydroxylation sites is 3. The van der Waals surface area contributed by atoms with E-state index in [-0.39, 0.29) is 0 Å². The van der Waals surface area contributed by atoms with Crippen LogP contribution in [0.25, 0.3) is 77.2 Å². The van der Waals surface area contributed by atoms with Crippen molar-refractivity contribution in [1.82, 2.24) is 9.13 Å². The molecule has 9 aromatic rings. The lowest BCUT2D eigenvalue weighted by atomic mass is 9.90. The van der Waals surface area contributed by atoms with Gasteiger partial charge in [0, 0.05) is 38.4 Å². The Hall–Kier alpha value is -7.39. The summed E-state index contributed by atoms with van der Waals surface area (Å²) < 4.78 is 4.44. The monoisotopic (exact) mass is 635 g/mol. The first kappa shape index (κ1) is 28.8. The molecule has 0 aliphatic heterocycles. The first-order valence-electron chi connectivity index (χ1n) is 16.3. The van der Waals surface area contributed by atoms with Crippen LogP contribution in [0.15, 0.2) is 152 Å². The van der Waals surface area contributed by atoms with E-state index in [1.807, 2.05) is 84.9 Å². The van der Waals surface area contributed by atoms with Gasteiger partial charge in [-0.25, -0.2) is 0 Å². The van der Waals surface area contributed by atoms with Gasteiger partial charge < -0.3 is 9.13 Å². The lowest BCUT2D eigenvalue weighted by molar-refractivity contribution is 1.18. The predicted molar refractivity (Wildman–Crippen MR) is 200 cm³/mol. The maximum Gasteiger partial charge on any atom is 0.0998 e. The highest BCUT2D eigenvalue weighted by molar-refractivity contribution is 6.11. The van der Waals surface area contributed by atoms with Crippen molar-refractivity contribution in [3.8, 4) is 51.8 Å². The molecule has 5 nitrogen and oxygen atoms in total. The minimum Gasteiger partial charge on any atom is -0.309 e. The second-order valence-corrected chi connectivity index (χ2v) is 12.3. The summed E-state index contributed by atoms with van der Waals surface area (Å²) in [6, 6.07) is 57.7. The highest BCUT2D eigenvalue weighted by Crippen LogP contribution is 2.42. The van der Waals surface area contributed by atoms with Crippen LogP contribution >= 0.6 is 0 Å². The molecule has 2 aromatic heterocycles.